The zero-order chi connectivity index (χ0) is 18.9. The fourth-order valence-corrected chi connectivity index (χ4v) is 3.27. The van der Waals surface area contributed by atoms with E-state index in [9.17, 15) is 0 Å². The number of nitriles is 2. The van der Waals surface area contributed by atoms with Gasteiger partial charge >= 0.3 is 0 Å². The van der Waals surface area contributed by atoms with Crippen LogP contribution < -0.4 is 10.6 Å². The highest BCUT2D eigenvalue weighted by molar-refractivity contribution is 5.70. The van der Waals surface area contributed by atoms with Gasteiger partial charge in [-0.05, 0) is 30.5 Å². The zero-order valence-corrected chi connectivity index (χ0v) is 15.2. The Morgan fingerprint density at radius 3 is 2.26 bits per heavy atom. The molecule has 5 nitrogen and oxygen atoms in total. The largest absolute Gasteiger partial charge is 0.381 e. The van der Waals surface area contributed by atoms with Crippen LogP contribution in [0, 0.1) is 22.7 Å². The molecule has 2 aromatic carbocycles. The molecule has 1 aliphatic rings. The number of allylic oxidation sites excluding steroid dienone is 1. The number of benzene rings is 2. The summed E-state index contributed by atoms with van der Waals surface area (Å²) in [5, 5.41) is 24.4. The molecule has 0 radical (unpaired) electrons. The third-order valence-electron chi connectivity index (χ3n) is 4.74. The minimum Gasteiger partial charge on any atom is -0.381 e. The van der Waals surface area contributed by atoms with Gasteiger partial charge in [0.25, 0.3) is 0 Å². The molecular formula is C22H23N5. The SMILES string of the molecule is N#CC(C#N)=CNc1ccccc1NC1CCN(Cc2ccccc2)CC1. The summed E-state index contributed by atoms with van der Waals surface area (Å²) in [5.41, 5.74) is 3.27. The lowest BCUT2D eigenvalue weighted by atomic mass is 10.0. The predicted molar refractivity (Wildman–Crippen MR) is 108 cm³/mol. The topological polar surface area (TPSA) is 74.9 Å². The van der Waals surface area contributed by atoms with Crippen molar-refractivity contribution in [1.82, 2.24) is 4.90 Å². The Morgan fingerprint density at radius 1 is 0.963 bits per heavy atom. The number of para-hydroxylation sites is 2. The van der Waals surface area contributed by atoms with Gasteiger partial charge in [-0.15, -0.1) is 0 Å². The van der Waals surface area contributed by atoms with Crippen LogP contribution in [0.3, 0.4) is 0 Å². The van der Waals surface area contributed by atoms with Crippen LogP contribution in [-0.4, -0.2) is 24.0 Å². The van der Waals surface area contributed by atoms with Crippen molar-refractivity contribution < 1.29 is 0 Å². The molecule has 1 heterocycles. The Labute approximate surface area is 160 Å². The molecule has 0 unspecified atom stereocenters. The van der Waals surface area contributed by atoms with Gasteiger partial charge in [0.05, 0.1) is 11.4 Å². The first kappa shape index (κ1) is 18.5. The minimum atomic E-state index is 0.0547. The maximum atomic E-state index is 8.86. The minimum absolute atomic E-state index is 0.0547. The summed E-state index contributed by atoms with van der Waals surface area (Å²) < 4.78 is 0. The zero-order valence-electron chi connectivity index (χ0n) is 15.2. The lowest BCUT2D eigenvalue weighted by molar-refractivity contribution is 0.211. The van der Waals surface area contributed by atoms with Gasteiger partial charge in [0.2, 0.25) is 0 Å². The molecule has 0 saturated carbocycles. The van der Waals surface area contributed by atoms with E-state index < -0.39 is 0 Å². The van der Waals surface area contributed by atoms with Gasteiger partial charge in [-0.1, -0.05) is 42.5 Å². The van der Waals surface area contributed by atoms with Crippen molar-refractivity contribution in [2.75, 3.05) is 23.7 Å². The molecular weight excluding hydrogens is 334 g/mol. The summed E-state index contributed by atoms with van der Waals surface area (Å²) in [6.45, 7) is 3.13. The van der Waals surface area contributed by atoms with E-state index in [0.717, 1.165) is 43.9 Å². The highest BCUT2D eigenvalue weighted by Crippen LogP contribution is 2.25. The number of rotatable bonds is 6. The molecule has 2 aromatic rings. The average molecular weight is 357 g/mol. The van der Waals surface area contributed by atoms with E-state index in [0.29, 0.717) is 6.04 Å². The summed E-state index contributed by atoms with van der Waals surface area (Å²) >= 11 is 0. The quantitative estimate of drug-likeness (QED) is 0.761. The lowest BCUT2D eigenvalue weighted by Gasteiger charge is -2.33. The molecule has 1 fully saturated rings. The lowest BCUT2D eigenvalue weighted by Crippen LogP contribution is -2.38. The van der Waals surface area contributed by atoms with E-state index in [4.69, 9.17) is 10.5 Å². The molecule has 0 spiro atoms. The second-order valence-electron chi connectivity index (χ2n) is 6.65. The molecule has 0 atom stereocenters. The van der Waals surface area contributed by atoms with Crippen molar-refractivity contribution in [2.45, 2.75) is 25.4 Å². The first-order valence-corrected chi connectivity index (χ1v) is 9.17. The van der Waals surface area contributed by atoms with Gasteiger partial charge in [0.15, 0.2) is 0 Å². The number of nitrogens with zero attached hydrogens (tertiary/aromatic N) is 3. The van der Waals surface area contributed by atoms with Gasteiger partial charge in [0, 0.05) is 31.9 Å². The van der Waals surface area contributed by atoms with Crippen LogP contribution in [0.2, 0.25) is 0 Å². The van der Waals surface area contributed by atoms with Crippen molar-refractivity contribution in [3.63, 3.8) is 0 Å². The van der Waals surface area contributed by atoms with Crippen LogP contribution in [-0.2, 0) is 6.54 Å². The summed E-state index contributed by atoms with van der Waals surface area (Å²) in [6, 6.07) is 22.6. The van der Waals surface area contributed by atoms with Gasteiger partial charge in [-0.2, -0.15) is 10.5 Å². The maximum absolute atomic E-state index is 8.86. The molecule has 1 aliphatic heterocycles. The smallest absolute Gasteiger partial charge is 0.145 e. The highest BCUT2D eigenvalue weighted by atomic mass is 15.1. The van der Waals surface area contributed by atoms with Crippen molar-refractivity contribution >= 4 is 11.4 Å². The Balaban J connectivity index is 1.56. The van der Waals surface area contributed by atoms with E-state index >= 15 is 0 Å². The Hall–Kier alpha value is -3.28. The number of nitrogens with one attached hydrogen (secondary N) is 2. The second-order valence-corrected chi connectivity index (χ2v) is 6.65. The van der Waals surface area contributed by atoms with Crippen molar-refractivity contribution in [3.8, 4) is 12.1 Å². The van der Waals surface area contributed by atoms with Crippen molar-refractivity contribution in [1.29, 1.82) is 10.5 Å². The molecule has 136 valence electrons. The fraction of sp³-hybridized carbons (Fsp3) is 0.273. The molecule has 0 aliphatic carbocycles. The molecule has 2 N–H and O–H groups in total. The van der Waals surface area contributed by atoms with Crippen LogP contribution in [0.1, 0.15) is 18.4 Å². The van der Waals surface area contributed by atoms with Gasteiger partial charge in [-0.25, -0.2) is 0 Å². The molecule has 1 saturated heterocycles. The van der Waals surface area contributed by atoms with Gasteiger partial charge < -0.3 is 10.6 Å². The number of anilines is 2. The first-order chi connectivity index (χ1) is 13.3. The molecule has 0 amide bonds. The number of piperidine rings is 1. The summed E-state index contributed by atoms with van der Waals surface area (Å²) in [6.07, 6.45) is 3.61. The van der Waals surface area contributed by atoms with E-state index in [1.54, 1.807) is 0 Å². The number of likely N-dealkylation sites (tertiary alicyclic amines) is 1. The van der Waals surface area contributed by atoms with E-state index in [-0.39, 0.29) is 5.57 Å². The third-order valence-corrected chi connectivity index (χ3v) is 4.74. The Bertz CT molecular complexity index is 836. The van der Waals surface area contributed by atoms with E-state index in [1.165, 1.54) is 11.8 Å². The maximum Gasteiger partial charge on any atom is 0.145 e. The molecule has 5 heteroatoms. The van der Waals surface area contributed by atoms with Crippen molar-refractivity contribution in [2.24, 2.45) is 0 Å². The van der Waals surface area contributed by atoms with Crippen LogP contribution in [0.25, 0.3) is 0 Å². The molecule has 27 heavy (non-hydrogen) atoms. The van der Waals surface area contributed by atoms with Crippen LogP contribution in [0.5, 0.6) is 0 Å². The molecule has 0 aromatic heterocycles. The summed E-state index contributed by atoms with van der Waals surface area (Å²) in [5.74, 6) is 0. The average Bonchev–Trinajstić information content (AvgIpc) is 2.72. The monoisotopic (exact) mass is 357 g/mol. The van der Waals surface area contributed by atoms with Crippen LogP contribution in [0.4, 0.5) is 11.4 Å². The number of hydrogen-bond acceptors (Lipinski definition) is 5. The predicted octanol–water partition coefficient (Wildman–Crippen LogP) is 4.11. The van der Waals surface area contributed by atoms with Crippen LogP contribution >= 0.6 is 0 Å². The Kier molecular flexibility index (Phi) is 6.46. The highest BCUT2D eigenvalue weighted by Gasteiger charge is 2.19. The van der Waals surface area contributed by atoms with Crippen LogP contribution in [0.15, 0.2) is 66.4 Å². The second kappa shape index (κ2) is 9.43. The molecule has 0 bridgehead atoms. The van der Waals surface area contributed by atoms with E-state index in [2.05, 4.69) is 45.9 Å². The van der Waals surface area contributed by atoms with Crippen molar-refractivity contribution in [3.05, 3.63) is 71.9 Å². The fourth-order valence-electron chi connectivity index (χ4n) is 3.27. The van der Waals surface area contributed by atoms with Gasteiger partial charge in [-0.3, -0.25) is 4.90 Å². The van der Waals surface area contributed by atoms with E-state index in [1.807, 2.05) is 36.4 Å². The normalized spacial score (nSPS) is 14.6. The third kappa shape index (κ3) is 5.34. The Morgan fingerprint density at radius 2 is 1.59 bits per heavy atom. The standard InChI is InChI=1S/C22H23N5/c23-14-19(15-24)16-25-21-8-4-5-9-22(21)26-20-10-12-27(13-11-20)17-18-6-2-1-3-7-18/h1-9,16,20,25-26H,10-13,17H2. The first-order valence-electron chi connectivity index (χ1n) is 9.17. The molecule has 3 rings (SSSR count). The number of hydrogen-bond donors (Lipinski definition) is 2. The summed E-state index contributed by atoms with van der Waals surface area (Å²) in [7, 11) is 0. The van der Waals surface area contributed by atoms with Gasteiger partial charge in [0.1, 0.15) is 17.7 Å². The summed E-state index contributed by atoms with van der Waals surface area (Å²) in [4.78, 5) is 2.49.